The zero-order chi connectivity index (χ0) is 20.1. The van der Waals surface area contributed by atoms with Gasteiger partial charge in [-0.2, -0.15) is 17.0 Å². The Balaban J connectivity index is 1.49. The molecular formula is C19H30N4O4S. The molecule has 8 nitrogen and oxygen atoms in total. The van der Waals surface area contributed by atoms with Crippen LogP contribution >= 0.6 is 0 Å². The van der Waals surface area contributed by atoms with Crippen LogP contribution in [0.25, 0.3) is 0 Å². The predicted molar refractivity (Wildman–Crippen MR) is 109 cm³/mol. The topological polar surface area (TPSA) is 82.2 Å². The Kier molecular flexibility index (Phi) is 6.92. The molecule has 2 heterocycles. The first kappa shape index (κ1) is 21.0. The van der Waals surface area contributed by atoms with Crippen molar-refractivity contribution in [2.24, 2.45) is 5.92 Å². The van der Waals surface area contributed by atoms with Crippen LogP contribution in [0.1, 0.15) is 19.8 Å². The summed E-state index contributed by atoms with van der Waals surface area (Å²) in [6.07, 6.45) is 1.84. The van der Waals surface area contributed by atoms with Gasteiger partial charge in [-0.25, -0.2) is 0 Å². The summed E-state index contributed by atoms with van der Waals surface area (Å²) in [6, 6.07) is 7.27. The summed E-state index contributed by atoms with van der Waals surface area (Å²) in [5, 5.41) is 2.86. The molecule has 156 valence electrons. The van der Waals surface area contributed by atoms with E-state index in [2.05, 4.69) is 12.2 Å². The van der Waals surface area contributed by atoms with E-state index in [1.807, 2.05) is 17.0 Å². The molecule has 0 radical (unpaired) electrons. The molecule has 2 aliphatic rings. The summed E-state index contributed by atoms with van der Waals surface area (Å²) in [6.45, 7) is 5.51. The number of nitrogens with one attached hydrogen (secondary N) is 1. The van der Waals surface area contributed by atoms with E-state index in [0.29, 0.717) is 56.6 Å². The molecule has 28 heavy (non-hydrogen) atoms. The molecular weight excluding hydrogens is 380 g/mol. The number of benzene rings is 1. The Morgan fingerprint density at radius 1 is 1.07 bits per heavy atom. The number of rotatable bonds is 6. The average molecular weight is 411 g/mol. The summed E-state index contributed by atoms with van der Waals surface area (Å²) >= 11 is 0. The van der Waals surface area contributed by atoms with E-state index in [-0.39, 0.29) is 12.5 Å². The van der Waals surface area contributed by atoms with Crippen LogP contribution in [0.4, 0.5) is 5.69 Å². The first-order valence-electron chi connectivity index (χ1n) is 9.80. The Morgan fingerprint density at radius 3 is 2.32 bits per heavy atom. The maximum absolute atomic E-state index is 12.8. The van der Waals surface area contributed by atoms with Crippen molar-refractivity contribution in [2.75, 3.05) is 58.2 Å². The van der Waals surface area contributed by atoms with E-state index in [0.717, 1.165) is 12.8 Å². The Labute approximate surface area is 167 Å². The summed E-state index contributed by atoms with van der Waals surface area (Å²) in [5.41, 5.74) is 0.635. The molecule has 0 spiro atoms. The van der Waals surface area contributed by atoms with Gasteiger partial charge >= 0.3 is 0 Å². The van der Waals surface area contributed by atoms with E-state index in [4.69, 9.17) is 4.74 Å². The van der Waals surface area contributed by atoms with Crippen molar-refractivity contribution in [1.29, 1.82) is 0 Å². The quantitative estimate of drug-likeness (QED) is 0.763. The second kappa shape index (κ2) is 9.21. The van der Waals surface area contributed by atoms with E-state index in [9.17, 15) is 13.2 Å². The first-order valence-corrected chi connectivity index (χ1v) is 11.2. The van der Waals surface area contributed by atoms with Crippen LogP contribution < -0.4 is 10.1 Å². The number of hydrogen-bond donors (Lipinski definition) is 1. The maximum atomic E-state index is 12.8. The summed E-state index contributed by atoms with van der Waals surface area (Å²) in [5.74, 6) is 1.07. The van der Waals surface area contributed by atoms with Crippen LogP contribution in [0.5, 0.6) is 5.75 Å². The third-order valence-electron chi connectivity index (χ3n) is 5.47. The molecule has 9 heteroatoms. The van der Waals surface area contributed by atoms with Gasteiger partial charge in [0.15, 0.2) is 0 Å². The SMILES string of the molecule is COc1ccccc1NC(=O)CN1CCN(S(=O)(=O)N2CCC(C)CC2)CC1. The number of methoxy groups -OCH3 is 1. The molecule has 2 fully saturated rings. The number of ether oxygens (including phenoxy) is 1. The fraction of sp³-hybridized carbons (Fsp3) is 0.632. The lowest BCUT2D eigenvalue weighted by molar-refractivity contribution is -0.117. The molecule has 0 bridgehead atoms. The highest BCUT2D eigenvalue weighted by atomic mass is 32.2. The van der Waals surface area contributed by atoms with Crippen LogP contribution in [0.2, 0.25) is 0 Å². The fourth-order valence-electron chi connectivity index (χ4n) is 3.64. The van der Waals surface area contributed by atoms with Gasteiger partial charge in [-0.15, -0.1) is 0 Å². The minimum absolute atomic E-state index is 0.133. The van der Waals surface area contributed by atoms with Crippen LogP contribution in [-0.4, -0.2) is 80.8 Å². The number of nitrogens with zero attached hydrogens (tertiary/aromatic N) is 3. The normalized spacial score (nSPS) is 20.8. The van der Waals surface area contributed by atoms with Gasteiger partial charge < -0.3 is 10.1 Å². The number of carbonyl (C=O) groups is 1. The number of hydrogen-bond acceptors (Lipinski definition) is 5. The van der Waals surface area contributed by atoms with Gasteiger partial charge in [0.25, 0.3) is 10.2 Å². The molecule has 3 rings (SSSR count). The fourth-order valence-corrected chi connectivity index (χ4v) is 5.26. The summed E-state index contributed by atoms with van der Waals surface area (Å²) in [7, 11) is -1.83. The second-order valence-corrected chi connectivity index (χ2v) is 9.44. The summed E-state index contributed by atoms with van der Waals surface area (Å²) in [4.78, 5) is 14.3. The second-order valence-electron chi connectivity index (χ2n) is 7.51. The van der Waals surface area contributed by atoms with Crippen molar-refractivity contribution in [3.05, 3.63) is 24.3 Å². The average Bonchev–Trinajstić information content (AvgIpc) is 2.69. The van der Waals surface area contributed by atoms with Crippen LogP contribution in [0.15, 0.2) is 24.3 Å². The lowest BCUT2D eigenvalue weighted by Gasteiger charge is -2.38. The van der Waals surface area contributed by atoms with E-state index in [1.165, 1.54) is 0 Å². The Morgan fingerprint density at radius 2 is 1.68 bits per heavy atom. The Hall–Kier alpha value is -1.68. The molecule has 1 aromatic rings. The number of anilines is 1. The van der Waals surface area contributed by atoms with Crippen molar-refractivity contribution >= 4 is 21.8 Å². The minimum Gasteiger partial charge on any atom is -0.495 e. The van der Waals surface area contributed by atoms with Crippen molar-refractivity contribution < 1.29 is 17.9 Å². The molecule has 2 saturated heterocycles. The van der Waals surface area contributed by atoms with Crippen molar-refractivity contribution in [2.45, 2.75) is 19.8 Å². The zero-order valence-corrected chi connectivity index (χ0v) is 17.5. The van der Waals surface area contributed by atoms with Crippen LogP contribution in [0, 0.1) is 5.92 Å². The third-order valence-corrected chi connectivity index (χ3v) is 7.51. The molecule has 1 aromatic carbocycles. The zero-order valence-electron chi connectivity index (χ0n) is 16.6. The highest BCUT2D eigenvalue weighted by Crippen LogP contribution is 2.23. The minimum atomic E-state index is -3.40. The monoisotopic (exact) mass is 410 g/mol. The van der Waals surface area contributed by atoms with Gasteiger partial charge in [0.05, 0.1) is 19.3 Å². The van der Waals surface area contributed by atoms with Crippen molar-refractivity contribution in [3.8, 4) is 5.75 Å². The molecule has 1 N–H and O–H groups in total. The molecule has 1 amide bonds. The van der Waals surface area contributed by atoms with Crippen LogP contribution in [0.3, 0.4) is 0 Å². The van der Waals surface area contributed by atoms with E-state index >= 15 is 0 Å². The summed E-state index contributed by atoms with van der Waals surface area (Å²) < 4.78 is 34.1. The van der Waals surface area contributed by atoms with Gasteiger partial charge in [0.2, 0.25) is 5.91 Å². The van der Waals surface area contributed by atoms with Gasteiger partial charge in [-0.3, -0.25) is 9.69 Å². The number of piperidine rings is 1. The van der Waals surface area contributed by atoms with Gasteiger partial charge in [0, 0.05) is 39.3 Å². The first-order chi connectivity index (χ1) is 13.4. The number of para-hydroxylation sites is 2. The lowest BCUT2D eigenvalue weighted by Crippen LogP contribution is -2.55. The molecule has 0 saturated carbocycles. The smallest absolute Gasteiger partial charge is 0.282 e. The third kappa shape index (κ3) is 5.02. The van der Waals surface area contributed by atoms with E-state index in [1.54, 1.807) is 27.9 Å². The largest absolute Gasteiger partial charge is 0.495 e. The molecule has 0 aliphatic carbocycles. The van der Waals surface area contributed by atoms with Gasteiger partial charge in [-0.1, -0.05) is 19.1 Å². The number of carbonyl (C=O) groups excluding carboxylic acids is 1. The molecule has 0 unspecified atom stereocenters. The highest BCUT2D eigenvalue weighted by Gasteiger charge is 2.34. The lowest BCUT2D eigenvalue weighted by atomic mass is 10.0. The molecule has 0 atom stereocenters. The van der Waals surface area contributed by atoms with Gasteiger partial charge in [0.1, 0.15) is 5.75 Å². The Bertz CT molecular complexity index is 770. The van der Waals surface area contributed by atoms with E-state index < -0.39 is 10.2 Å². The van der Waals surface area contributed by atoms with Gasteiger partial charge in [-0.05, 0) is 30.9 Å². The highest BCUT2D eigenvalue weighted by molar-refractivity contribution is 7.86. The molecule has 0 aromatic heterocycles. The maximum Gasteiger partial charge on any atom is 0.282 e. The number of amides is 1. The van der Waals surface area contributed by atoms with Crippen molar-refractivity contribution in [1.82, 2.24) is 13.5 Å². The van der Waals surface area contributed by atoms with Crippen LogP contribution in [-0.2, 0) is 15.0 Å². The molecule has 2 aliphatic heterocycles. The van der Waals surface area contributed by atoms with Crippen molar-refractivity contribution in [3.63, 3.8) is 0 Å². The standard InChI is InChI=1S/C19H30N4O4S/c1-16-7-9-22(10-8-16)28(25,26)23-13-11-21(12-14-23)15-19(24)20-17-5-3-4-6-18(17)27-2/h3-6,16H,7-15H2,1-2H3,(H,20,24). The number of piperazine rings is 1. The predicted octanol–water partition coefficient (Wildman–Crippen LogP) is 1.23.